The Morgan fingerprint density at radius 2 is 1.59 bits per heavy atom. The zero-order valence-electron chi connectivity index (χ0n) is 14.6. The Balaban J connectivity index is 1.74. The minimum Gasteiger partial charge on any atom is -0.322 e. The van der Waals surface area contributed by atoms with Gasteiger partial charge in [-0.1, -0.05) is 24.3 Å². The maximum Gasteiger partial charge on any atom is 0.433 e. The fraction of sp³-hybridized carbons (Fsp3) is 0.0526. The number of carbonyl (C=O) groups is 1. The number of carbonyl (C=O) groups excluding carboxylic acids is 1. The number of nitrogens with one attached hydrogen (secondary N) is 2. The molecule has 0 aliphatic heterocycles. The average molecular weight is 421 g/mol. The first-order chi connectivity index (χ1) is 13.6. The van der Waals surface area contributed by atoms with E-state index in [0.717, 1.165) is 12.3 Å². The Labute approximate surface area is 164 Å². The van der Waals surface area contributed by atoms with Crippen molar-refractivity contribution in [2.45, 2.75) is 11.1 Å². The van der Waals surface area contributed by atoms with E-state index in [1.165, 1.54) is 36.4 Å². The fourth-order valence-corrected chi connectivity index (χ4v) is 3.44. The van der Waals surface area contributed by atoms with Crippen LogP contribution in [0.2, 0.25) is 0 Å². The highest BCUT2D eigenvalue weighted by molar-refractivity contribution is 7.92. The van der Waals surface area contributed by atoms with Gasteiger partial charge in [-0.3, -0.25) is 14.5 Å². The van der Waals surface area contributed by atoms with Gasteiger partial charge in [0, 0.05) is 11.9 Å². The quantitative estimate of drug-likeness (QED) is 0.648. The summed E-state index contributed by atoms with van der Waals surface area (Å²) in [4.78, 5) is 15.5. The lowest BCUT2D eigenvalue weighted by Gasteiger charge is -2.11. The minimum atomic E-state index is -4.60. The lowest BCUT2D eigenvalue weighted by molar-refractivity contribution is -0.141. The second kappa shape index (κ2) is 7.92. The number of rotatable bonds is 5. The van der Waals surface area contributed by atoms with Crippen LogP contribution in [0.3, 0.4) is 0 Å². The van der Waals surface area contributed by atoms with Gasteiger partial charge in [-0.15, -0.1) is 0 Å². The first kappa shape index (κ1) is 20.3. The summed E-state index contributed by atoms with van der Waals surface area (Å²) in [6.07, 6.45) is -3.78. The molecule has 0 aliphatic rings. The Hall–Kier alpha value is -3.40. The Bertz CT molecular complexity index is 1120. The molecular weight excluding hydrogens is 407 g/mol. The van der Waals surface area contributed by atoms with Crippen LogP contribution in [-0.4, -0.2) is 19.3 Å². The summed E-state index contributed by atoms with van der Waals surface area (Å²) in [5.74, 6) is -0.686. The number of pyridine rings is 1. The zero-order chi connectivity index (χ0) is 21.1. The van der Waals surface area contributed by atoms with Crippen molar-refractivity contribution in [2.75, 3.05) is 10.0 Å². The molecule has 3 aromatic rings. The van der Waals surface area contributed by atoms with Gasteiger partial charge in [-0.05, 0) is 42.5 Å². The van der Waals surface area contributed by atoms with Gasteiger partial charge in [0.25, 0.3) is 15.9 Å². The van der Waals surface area contributed by atoms with Crippen LogP contribution < -0.4 is 10.0 Å². The number of anilines is 2. The third-order valence-electron chi connectivity index (χ3n) is 3.74. The molecular formula is C19H14F3N3O3S. The van der Waals surface area contributed by atoms with Crippen molar-refractivity contribution in [2.24, 2.45) is 0 Å². The van der Waals surface area contributed by atoms with Crippen molar-refractivity contribution in [1.82, 2.24) is 4.98 Å². The predicted octanol–water partition coefficient (Wildman–Crippen LogP) is 4.15. The van der Waals surface area contributed by atoms with Crippen LogP contribution in [0.1, 0.15) is 16.1 Å². The van der Waals surface area contributed by atoms with E-state index in [4.69, 9.17) is 0 Å². The van der Waals surface area contributed by atoms with Crippen molar-refractivity contribution in [3.8, 4) is 0 Å². The van der Waals surface area contributed by atoms with Gasteiger partial charge in [-0.25, -0.2) is 8.42 Å². The van der Waals surface area contributed by atoms with Crippen molar-refractivity contribution in [3.05, 3.63) is 84.2 Å². The Kier molecular flexibility index (Phi) is 5.55. The first-order valence-electron chi connectivity index (χ1n) is 8.18. The molecule has 0 fully saturated rings. The van der Waals surface area contributed by atoms with E-state index in [2.05, 4.69) is 15.0 Å². The molecule has 150 valence electrons. The molecule has 0 spiro atoms. The van der Waals surface area contributed by atoms with Gasteiger partial charge >= 0.3 is 6.18 Å². The molecule has 0 atom stereocenters. The van der Waals surface area contributed by atoms with Gasteiger partial charge in [0.15, 0.2) is 0 Å². The summed E-state index contributed by atoms with van der Waals surface area (Å²) in [5, 5.41) is 2.49. The highest BCUT2D eigenvalue weighted by Gasteiger charge is 2.32. The standard InChI is InChI=1S/C19H14F3N3O3S/c20-19(21,22)17-10-9-13(12-23-17)18(26)24-14-5-4-6-15(11-14)25-29(27,28)16-7-2-1-3-8-16/h1-12,25H,(H,24,26). The number of sulfonamides is 1. The number of hydrogen-bond acceptors (Lipinski definition) is 4. The second-order valence-electron chi connectivity index (χ2n) is 5.88. The molecule has 10 heteroatoms. The molecule has 3 rings (SSSR count). The van der Waals surface area contributed by atoms with Crippen molar-refractivity contribution < 1.29 is 26.4 Å². The topological polar surface area (TPSA) is 88.2 Å². The molecule has 0 unspecified atom stereocenters. The van der Waals surface area contributed by atoms with E-state index in [-0.39, 0.29) is 21.8 Å². The van der Waals surface area contributed by atoms with Gasteiger partial charge < -0.3 is 5.32 Å². The molecule has 2 aromatic carbocycles. The highest BCUT2D eigenvalue weighted by atomic mass is 32.2. The molecule has 6 nitrogen and oxygen atoms in total. The lowest BCUT2D eigenvalue weighted by atomic mass is 10.2. The fourth-order valence-electron chi connectivity index (χ4n) is 2.37. The van der Waals surface area contributed by atoms with Gasteiger partial charge in [-0.2, -0.15) is 13.2 Å². The van der Waals surface area contributed by atoms with Crippen LogP contribution in [0.25, 0.3) is 0 Å². The number of aromatic nitrogens is 1. The molecule has 0 aliphatic carbocycles. The van der Waals surface area contributed by atoms with Crippen molar-refractivity contribution >= 4 is 27.3 Å². The molecule has 0 bridgehead atoms. The summed E-state index contributed by atoms with van der Waals surface area (Å²) < 4.78 is 64.8. The number of nitrogens with zero attached hydrogens (tertiary/aromatic N) is 1. The van der Waals surface area contributed by atoms with E-state index in [1.54, 1.807) is 18.2 Å². The zero-order valence-corrected chi connectivity index (χ0v) is 15.5. The van der Waals surface area contributed by atoms with Crippen LogP contribution in [0.5, 0.6) is 0 Å². The van der Waals surface area contributed by atoms with Crippen LogP contribution in [0.15, 0.2) is 77.8 Å². The summed E-state index contributed by atoms with van der Waals surface area (Å²) in [6.45, 7) is 0. The molecule has 1 aromatic heterocycles. The second-order valence-corrected chi connectivity index (χ2v) is 7.57. The van der Waals surface area contributed by atoms with Crippen molar-refractivity contribution in [1.29, 1.82) is 0 Å². The van der Waals surface area contributed by atoms with Crippen LogP contribution in [0.4, 0.5) is 24.5 Å². The Morgan fingerprint density at radius 3 is 2.21 bits per heavy atom. The third kappa shape index (κ3) is 5.11. The normalized spacial score (nSPS) is 11.7. The molecule has 0 saturated heterocycles. The van der Waals surface area contributed by atoms with Gasteiger partial charge in [0.2, 0.25) is 0 Å². The molecule has 0 saturated carbocycles. The first-order valence-corrected chi connectivity index (χ1v) is 9.66. The molecule has 2 N–H and O–H groups in total. The summed E-state index contributed by atoms with van der Waals surface area (Å²) in [7, 11) is -3.81. The van der Waals surface area contributed by atoms with E-state index in [0.29, 0.717) is 6.07 Å². The predicted molar refractivity (Wildman–Crippen MR) is 101 cm³/mol. The van der Waals surface area contributed by atoms with Crippen LogP contribution in [0, 0.1) is 0 Å². The monoisotopic (exact) mass is 421 g/mol. The summed E-state index contributed by atoms with van der Waals surface area (Å²) in [5.41, 5.74) is -0.722. The number of amides is 1. The molecule has 1 heterocycles. The Morgan fingerprint density at radius 1 is 0.897 bits per heavy atom. The van der Waals surface area contributed by atoms with E-state index < -0.39 is 27.8 Å². The van der Waals surface area contributed by atoms with E-state index >= 15 is 0 Å². The number of alkyl halides is 3. The number of halogens is 3. The van der Waals surface area contributed by atoms with Crippen molar-refractivity contribution in [3.63, 3.8) is 0 Å². The highest BCUT2D eigenvalue weighted by Crippen LogP contribution is 2.27. The molecule has 29 heavy (non-hydrogen) atoms. The van der Waals surface area contributed by atoms with Crippen LogP contribution in [-0.2, 0) is 16.2 Å². The number of benzene rings is 2. The van der Waals surface area contributed by atoms with Gasteiger partial charge in [0.05, 0.1) is 16.1 Å². The smallest absolute Gasteiger partial charge is 0.322 e. The van der Waals surface area contributed by atoms with E-state index in [1.807, 2.05) is 0 Å². The largest absolute Gasteiger partial charge is 0.433 e. The van der Waals surface area contributed by atoms with Crippen LogP contribution >= 0.6 is 0 Å². The molecule has 1 amide bonds. The average Bonchev–Trinajstić information content (AvgIpc) is 2.68. The maximum atomic E-state index is 12.6. The van der Waals surface area contributed by atoms with Gasteiger partial charge in [0.1, 0.15) is 5.69 Å². The van der Waals surface area contributed by atoms with E-state index in [9.17, 15) is 26.4 Å². The minimum absolute atomic E-state index is 0.0743. The lowest BCUT2D eigenvalue weighted by Crippen LogP contribution is -2.15. The summed E-state index contributed by atoms with van der Waals surface area (Å²) >= 11 is 0. The SMILES string of the molecule is O=C(Nc1cccc(NS(=O)(=O)c2ccccc2)c1)c1ccc(C(F)(F)F)nc1. The summed E-state index contributed by atoms with van der Waals surface area (Å²) in [6, 6.07) is 15.4. The maximum absolute atomic E-state index is 12.6. The molecule has 0 radical (unpaired) electrons. The number of hydrogen-bond donors (Lipinski definition) is 2. The third-order valence-corrected chi connectivity index (χ3v) is 5.14.